The van der Waals surface area contributed by atoms with Gasteiger partial charge in [-0.2, -0.15) is 0 Å². The van der Waals surface area contributed by atoms with Crippen LogP contribution in [0.15, 0.2) is 28.4 Å². The van der Waals surface area contributed by atoms with Gasteiger partial charge in [-0.05, 0) is 30.9 Å². The summed E-state index contributed by atoms with van der Waals surface area (Å²) in [6, 6.07) is 4.23. The molecule has 4 rings (SSSR count). The first-order valence-corrected chi connectivity index (χ1v) is 8.32. The van der Waals surface area contributed by atoms with Crippen LogP contribution >= 0.6 is 11.3 Å². The number of rotatable bonds is 3. The van der Waals surface area contributed by atoms with Crippen LogP contribution in [0.4, 0.5) is 0 Å². The third kappa shape index (κ3) is 2.28. The Balaban J connectivity index is 1.72. The molecule has 0 bridgehead atoms. The number of nitrogens with one attached hydrogen (secondary N) is 1. The van der Waals surface area contributed by atoms with Crippen molar-refractivity contribution in [3.8, 4) is 0 Å². The molecule has 0 saturated heterocycles. The van der Waals surface area contributed by atoms with E-state index in [1.165, 1.54) is 16.1 Å². The maximum Gasteiger partial charge on any atom is 0.160 e. The Labute approximate surface area is 133 Å². The summed E-state index contributed by atoms with van der Waals surface area (Å²) in [6.45, 7) is 6.02. The highest BCUT2D eigenvalue weighted by molar-refractivity contribution is 7.10. The van der Waals surface area contributed by atoms with Crippen LogP contribution in [-0.2, 0) is 13.0 Å². The number of aromatic amines is 1. The van der Waals surface area contributed by atoms with Gasteiger partial charge in [0.1, 0.15) is 6.04 Å². The number of fused-ring (bicyclic) bond motifs is 1. The highest BCUT2D eigenvalue weighted by atomic mass is 32.1. The summed E-state index contributed by atoms with van der Waals surface area (Å²) >= 11 is 1.81. The molecule has 0 aliphatic carbocycles. The van der Waals surface area contributed by atoms with E-state index in [-0.39, 0.29) is 6.04 Å². The Morgan fingerprint density at radius 3 is 3.09 bits per heavy atom. The fraction of sp³-hybridized carbons (Fsp3) is 0.375. The van der Waals surface area contributed by atoms with Crippen molar-refractivity contribution in [3.05, 3.63) is 57.1 Å². The number of hydrogen-bond donors (Lipinski definition) is 1. The van der Waals surface area contributed by atoms with Gasteiger partial charge in [-0.15, -0.1) is 11.3 Å². The molecule has 1 aliphatic heterocycles. The van der Waals surface area contributed by atoms with Gasteiger partial charge in [-0.25, -0.2) is 4.98 Å². The van der Waals surface area contributed by atoms with Crippen LogP contribution in [0.5, 0.6) is 0 Å². The number of aryl methyl sites for hydroxylation is 2. The van der Waals surface area contributed by atoms with Crippen LogP contribution in [0.25, 0.3) is 0 Å². The zero-order valence-corrected chi connectivity index (χ0v) is 13.5. The molecule has 0 saturated carbocycles. The highest BCUT2D eigenvalue weighted by Gasteiger charge is 2.34. The van der Waals surface area contributed by atoms with Crippen LogP contribution in [0.3, 0.4) is 0 Å². The maximum atomic E-state index is 5.57. The van der Waals surface area contributed by atoms with Crippen molar-refractivity contribution in [2.24, 2.45) is 0 Å². The lowest BCUT2D eigenvalue weighted by molar-refractivity contribution is 0.171. The van der Waals surface area contributed by atoms with Gasteiger partial charge in [0, 0.05) is 36.1 Å². The molecular formula is C16H18N4OS. The van der Waals surface area contributed by atoms with Gasteiger partial charge < -0.3 is 9.51 Å². The summed E-state index contributed by atoms with van der Waals surface area (Å²) in [7, 11) is 0. The average molecular weight is 314 g/mol. The van der Waals surface area contributed by atoms with E-state index in [1.54, 1.807) is 6.33 Å². The minimum absolute atomic E-state index is 0.0395. The molecule has 1 N–H and O–H groups in total. The zero-order chi connectivity index (χ0) is 15.1. The smallest absolute Gasteiger partial charge is 0.160 e. The van der Waals surface area contributed by atoms with Gasteiger partial charge in [0.2, 0.25) is 0 Å². The quantitative estimate of drug-likeness (QED) is 0.806. The number of H-pyrrole nitrogens is 1. The first-order chi connectivity index (χ1) is 10.7. The predicted octanol–water partition coefficient (Wildman–Crippen LogP) is 3.22. The van der Waals surface area contributed by atoms with Gasteiger partial charge in [0.15, 0.2) is 5.76 Å². The Morgan fingerprint density at radius 1 is 1.45 bits per heavy atom. The Morgan fingerprint density at radius 2 is 2.36 bits per heavy atom. The van der Waals surface area contributed by atoms with Crippen molar-refractivity contribution in [2.75, 3.05) is 6.54 Å². The largest absolute Gasteiger partial charge is 0.359 e. The summed E-state index contributed by atoms with van der Waals surface area (Å²) in [5.74, 6) is 0.875. The summed E-state index contributed by atoms with van der Waals surface area (Å²) < 4.78 is 5.57. The molecule has 22 heavy (non-hydrogen) atoms. The minimum Gasteiger partial charge on any atom is -0.359 e. The molecule has 0 aromatic carbocycles. The second-order valence-electron chi connectivity index (χ2n) is 5.79. The predicted molar refractivity (Wildman–Crippen MR) is 84.8 cm³/mol. The van der Waals surface area contributed by atoms with E-state index in [1.807, 2.05) is 24.3 Å². The Hall–Kier alpha value is -1.92. The van der Waals surface area contributed by atoms with E-state index < -0.39 is 0 Å². The van der Waals surface area contributed by atoms with E-state index in [0.717, 1.165) is 36.7 Å². The molecule has 0 amide bonds. The van der Waals surface area contributed by atoms with Gasteiger partial charge in [0.05, 0.1) is 17.7 Å². The SMILES string of the molecule is Cc1cc([C@H]2c3nc[nH]c3CCN2Cc2sccc2C)on1. The van der Waals surface area contributed by atoms with Crippen molar-refractivity contribution in [2.45, 2.75) is 32.9 Å². The number of hydrogen-bond acceptors (Lipinski definition) is 5. The van der Waals surface area contributed by atoms with Crippen molar-refractivity contribution < 1.29 is 4.52 Å². The third-order valence-electron chi connectivity index (χ3n) is 4.26. The van der Waals surface area contributed by atoms with Crippen molar-refractivity contribution >= 4 is 11.3 Å². The number of imidazole rings is 1. The van der Waals surface area contributed by atoms with Gasteiger partial charge >= 0.3 is 0 Å². The lowest BCUT2D eigenvalue weighted by Crippen LogP contribution is -2.35. The second-order valence-corrected chi connectivity index (χ2v) is 6.79. The van der Waals surface area contributed by atoms with Crippen molar-refractivity contribution in [3.63, 3.8) is 0 Å². The first-order valence-electron chi connectivity index (χ1n) is 7.45. The normalized spacial score (nSPS) is 18.5. The van der Waals surface area contributed by atoms with Crippen molar-refractivity contribution in [1.29, 1.82) is 0 Å². The maximum absolute atomic E-state index is 5.57. The Kier molecular flexibility index (Phi) is 3.35. The van der Waals surface area contributed by atoms with E-state index in [2.05, 4.69) is 38.4 Å². The summed E-state index contributed by atoms with van der Waals surface area (Å²) in [5.41, 5.74) is 4.53. The third-order valence-corrected chi connectivity index (χ3v) is 5.26. The van der Waals surface area contributed by atoms with Gasteiger partial charge in [-0.1, -0.05) is 5.16 Å². The number of aromatic nitrogens is 3. The molecule has 5 nitrogen and oxygen atoms in total. The topological polar surface area (TPSA) is 58.0 Å². The molecule has 0 radical (unpaired) electrons. The average Bonchev–Trinajstić information content (AvgIpc) is 3.21. The van der Waals surface area contributed by atoms with Crippen LogP contribution in [0.2, 0.25) is 0 Å². The molecule has 1 aliphatic rings. The Bertz CT molecular complexity index is 788. The molecule has 6 heteroatoms. The van der Waals surface area contributed by atoms with E-state index in [4.69, 9.17) is 4.52 Å². The molecule has 1 atom stereocenters. The van der Waals surface area contributed by atoms with E-state index in [9.17, 15) is 0 Å². The lowest BCUT2D eigenvalue weighted by Gasteiger charge is -2.33. The fourth-order valence-electron chi connectivity index (χ4n) is 3.07. The standard InChI is InChI=1S/C16H18N4OS/c1-10-4-6-22-14(10)8-20-5-3-12-15(18-9-17-12)16(20)13-7-11(2)19-21-13/h4,6-7,9,16H,3,5,8H2,1-2H3,(H,17,18)/t16-/m0/s1. The second kappa shape index (κ2) is 5.37. The van der Waals surface area contributed by atoms with Crippen LogP contribution < -0.4 is 0 Å². The van der Waals surface area contributed by atoms with Gasteiger partial charge in [0.25, 0.3) is 0 Å². The van der Waals surface area contributed by atoms with Crippen molar-refractivity contribution in [1.82, 2.24) is 20.0 Å². The monoisotopic (exact) mass is 314 g/mol. The minimum atomic E-state index is 0.0395. The molecule has 0 spiro atoms. The summed E-state index contributed by atoms with van der Waals surface area (Å²) in [6.07, 6.45) is 2.77. The van der Waals surface area contributed by atoms with Crippen LogP contribution in [0, 0.1) is 13.8 Å². The molecule has 3 aromatic heterocycles. The molecule has 3 aromatic rings. The molecular weight excluding hydrogens is 296 g/mol. The first kappa shape index (κ1) is 13.7. The number of nitrogens with zero attached hydrogens (tertiary/aromatic N) is 3. The lowest BCUT2D eigenvalue weighted by atomic mass is 10.00. The van der Waals surface area contributed by atoms with E-state index >= 15 is 0 Å². The summed E-state index contributed by atoms with van der Waals surface area (Å²) in [5, 5.41) is 6.22. The number of thiophene rings is 1. The molecule has 0 unspecified atom stereocenters. The zero-order valence-electron chi connectivity index (χ0n) is 12.7. The van der Waals surface area contributed by atoms with E-state index in [0.29, 0.717) is 0 Å². The summed E-state index contributed by atoms with van der Waals surface area (Å²) in [4.78, 5) is 11.6. The van der Waals surface area contributed by atoms with Crippen LogP contribution in [0.1, 0.15) is 39.3 Å². The fourth-order valence-corrected chi connectivity index (χ4v) is 4.00. The van der Waals surface area contributed by atoms with Crippen LogP contribution in [-0.4, -0.2) is 26.6 Å². The molecule has 114 valence electrons. The highest BCUT2D eigenvalue weighted by Crippen LogP contribution is 2.35. The van der Waals surface area contributed by atoms with Gasteiger partial charge in [-0.3, -0.25) is 4.90 Å². The molecule has 4 heterocycles. The molecule has 0 fully saturated rings.